The Labute approximate surface area is 176 Å². The maximum Gasteiger partial charge on any atom is 0.123 e. The Morgan fingerprint density at radius 3 is 2.33 bits per heavy atom. The molecule has 2 aromatic rings. The molecule has 1 heterocycles. The number of piperazine rings is 1. The molecule has 1 unspecified atom stereocenters. The number of anilines is 1. The molecule has 2 aromatic carbocycles. The van der Waals surface area contributed by atoms with Crippen molar-refractivity contribution in [3.05, 3.63) is 59.4 Å². The predicted octanol–water partition coefficient (Wildman–Crippen LogP) is 3.88. The van der Waals surface area contributed by atoms with Gasteiger partial charge >= 0.3 is 0 Å². The molecule has 0 bridgehead atoms. The Morgan fingerprint density at radius 1 is 1.04 bits per heavy atom. The number of ether oxygens (including phenoxy) is 1. The van der Waals surface area contributed by atoms with Crippen LogP contribution in [-0.2, 0) is 0 Å². The van der Waals surface area contributed by atoms with Gasteiger partial charge < -0.3 is 14.7 Å². The third-order valence-corrected chi connectivity index (χ3v) is 4.51. The minimum absolute atomic E-state index is 0. The summed E-state index contributed by atoms with van der Waals surface area (Å²) in [5, 5.41) is 10.9. The zero-order valence-corrected chi connectivity index (χ0v) is 17.2. The lowest BCUT2D eigenvalue weighted by Gasteiger charge is -2.36. The van der Waals surface area contributed by atoms with E-state index >= 15 is 0 Å². The molecule has 1 atom stereocenters. The maximum atomic E-state index is 12.8. The normalized spacial score (nSPS) is 15.4. The average molecular weight is 438 g/mol. The molecule has 0 amide bonds. The van der Waals surface area contributed by atoms with Crippen molar-refractivity contribution >= 4 is 42.1 Å². The summed E-state index contributed by atoms with van der Waals surface area (Å²) in [4.78, 5) is 4.52. The van der Waals surface area contributed by atoms with Crippen molar-refractivity contribution in [2.75, 3.05) is 44.2 Å². The van der Waals surface area contributed by atoms with E-state index < -0.39 is 6.10 Å². The zero-order chi connectivity index (χ0) is 17.6. The molecule has 0 aromatic heterocycles. The van der Waals surface area contributed by atoms with Gasteiger partial charge in [0.1, 0.15) is 24.3 Å². The predicted molar refractivity (Wildman–Crippen MR) is 113 cm³/mol. The molecule has 1 aliphatic rings. The van der Waals surface area contributed by atoms with Crippen LogP contribution in [0.25, 0.3) is 0 Å². The van der Waals surface area contributed by atoms with Gasteiger partial charge in [-0.2, -0.15) is 0 Å². The fourth-order valence-electron chi connectivity index (χ4n) is 2.94. The van der Waals surface area contributed by atoms with E-state index in [0.29, 0.717) is 12.3 Å². The van der Waals surface area contributed by atoms with Gasteiger partial charge in [-0.3, -0.25) is 4.90 Å². The van der Waals surface area contributed by atoms with Crippen molar-refractivity contribution in [2.24, 2.45) is 0 Å². The number of rotatable bonds is 6. The molecule has 1 saturated heterocycles. The summed E-state index contributed by atoms with van der Waals surface area (Å²) < 4.78 is 18.3. The fourth-order valence-corrected chi connectivity index (χ4v) is 3.12. The van der Waals surface area contributed by atoms with Crippen molar-refractivity contribution in [1.82, 2.24) is 4.90 Å². The lowest BCUT2D eigenvalue weighted by atomic mass is 10.2. The van der Waals surface area contributed by atoms with Crippen LogP contribution >= 0.6 is 36.4 Å². The van der Waals surface area contributed by atoms with Crippen LogP contribution in [0, 0.1) is 5.82 Å². The molecule has 0 aliphatic carbocycles. The highest BCUT2D eigenvalue weighted by molar-refractivity contribution is 6.30. The fraction of sp³-hybridized carbons (Fsp3) is 0.368. The maximum absolute atomic E-state index is 12.8. The van der Waals surface area contributed by atoms with E-state index in [1.807, 2.05) is 18.2 Å². The van der Waals surface area contributed by atoms with Gasteiger partial charge in [0.15, 0.2) is 0 Å². The van der Waals surface area contributed by atoms with Gasteiger partial charge in [-0.1, -0.05) is 17.7 Å². The Bertz CT molecular complexity index is 683. The van der Waals surface area contributed by atoms with Crippen LogP contribution < -0.4 is 9.64 Å². The Morgan fingerprint density at radius 2 is 1.70 bits per heavy atom. The second-order valence-corrected chi connectivity index (χ2v) is 6.62. The number of halogens is 4. The first kappa shape index (κ1) is 23.8. The Balaban J connectivity index is 0.00000182. The van der Waals surface area contributed by atoms with E-state index in [0.717, 1.165) is 36.9 Å². The van der Waals surface area contributed by atoms with E-state index in [4.69, 9.17) is 16.3 Å². The van der Waals surface area contributed by atoms with Crippen LogP contribution in [0.5, 0.6) is 5.75 Å². The first-order valence-electron chi connectivity index (χ1n) is 8.39. The number of benzene rings is 2. The van der Waals surface area contributed by atoms with Crippen molar-refractivity contribution in [2.45, 2.75) is 6.10 Å². The first-order valence-corrected chi connectivity index (χ1v) is 8.77. The van der Waals surface area contributed by atoms with E-state index in [-0.39, 0.29) is 37.2 Å². The van der Waals surface area contributed by atoms with Crippen LogP contribution in [-0.4, -0.2) is 55.4 Å². The van der Waals surface area contributed by atoms with Crippen molar-refractivity contribution < 1.29 is 14.2 Å². The number of β-amino-alcohol motifs (C(OH)–C–C–N with tert-alkyl or cyclic N) is 1. The summed E-state index contributed by atoms with van der Waals surface area (Å²) in [7, 11) is 0. The monoisotopic (exact) mass is 436 g/mol. The summed E-state index contributed by atoms with van der Waals surface area (Å²) in [5.41, 5.74) is 1.13. The van der Waals surface area contributed by atoms with Crippen molar-refractivity contribution in [3.8, 4) is 5.75 Å². The third kappa shape index (κ3) is 7.35. The third-order valence-electron chi connectivity index (χ3n) is 4.27. The zero-order valence-electron chi connectivity index (χ0n) is 14.8. The summed E-state index contributed by atoms with van der Waals surface area (Å²) in [6.45, 7) is 4.29. The topological polar surface area (TPSA) is 35.9 Å². The molecule has 1 fully saturated rings. The minimum Gasteiger partial charge on any atom is -0.491 e. The molecule has 4 nitrogen and oxygen atoms in total. The molecule has 1 aliphatic heterocycles. The second-order valence-electron chi connectivity index (χ2n) is 6.19. The van der Waals surface area contributed by atoms with E-state index in [1.54, 1.807) is 12.1 Å². The summed E-state index contributed by atoms with van der Waals surface area (Å²) in [6, 6.07) is 13.7. The number of aliphatic hydroxyl groups excluding tert-OH is 1. The van der Waals surface area contributed by atoms with E-state index in [2.05, 4.69) is 15.9 Å². The molecule has 1 N–H and O–H groups in total. The standard InChI is InChI=1S/C19H22ClFN2O2.2ClH/c20-15-2-1-3-17(12-15)23-10-8-22(9-11-23)13-18(24)14-25-19-6-4-16(21)5-7-19;;/h1-7,12,18,24H,8-11,13-14H2;2*1H. The second kappa shape index (κ2) is 11.6. The molecular weight excluding hydrogens is 414 g/mol. The van der Waals surface area contributed by atoms with Gasteiger partial charge in [0.05, 0.1) is 0 Å². The average Bonchev–Trinajstić information content (AvgIpc) is 2.62. The lowest BCUT2D eigenvalue weighted by Crippen LogP contribution is -2.49. The van der Waals surface area contributed by atoms with Crippen molar-refractivity contribution in [1.29, 1.82) is 0 Å². The minimum atomic E-state index is -0.581. The summed E-state index contributed by atoms with van der Waals surface area (Å²) in [5.74, 6) is 0.261. The SMILES string of the molecule is Cl.Cl.OC(COc1ccc(F)cc1)CN1CCN(c2cccc(Cl)c2)CC1. The Kier molecular flexibility index (Phi) is 10.2. The van der Waals surface area contributed by atoms with Gasteiger partial charge in [0.2, 0.25) is 0 Å². The summed E-state index contributed by atoms with van der Waals surface area (Å²) >= 11 is 6.05. The number of hydrogen-bond acceptors (Lipinski definition) is 4. The van der Waals surface area contributed by atoms with Crippen LogP contribution in [0.3, 0.4) is 0 Å². The molecule has 0 saturated carbocycles. The highest BCUT2D eigenvalue weighted by Gasteiger charge is 2.20. The molecule has 150 valence electrons. The van der Waals surface area contributed by atoms with Crippen LogP contribution in [0.4, 0.5) is 10.1 Å². The number of aliphatic hydroxyl groups is 1. The molecule has 27 heavy (non-hydrogen) atoms. The van der Waals surface area contributed by atoms with Gasteiger partial charge in [-0.05, 0) is 42.5 Å². The summed E-state index contributed by atoms with van der Waals surface area (Å²) in [6.07, 6.45) is -0.581. The number of hydrogen-bond donors (Lipinski definition) is 1. The Hall–Kier alpha value is -1.24. The molecular formula is C19H24Cl3FN2O2. The number of nitrogens with zero attached hydrogens (tertiary/aromatic N) is 2. The largest absolute Gasteiger partial charge is 0.491 e. The molecule has 3 rings (SSSR count). The van der Waals surface area contributed by atoms with Gasteiger partial charge in [-0.15, -0.1) is 24.8 Å². The highest BCUT2D eigenvalue weighted by atomic mass is 35.5. The highest BCUT2D eigenvalue weighted by Crippen LogP contribution is 2.20. The van der Waals surface area contributed by atoms with Crippen LogP contribution in [0.15, 0.2) is 48.5 Å². The van der Waals surface area contributed by atoms with Crippen molar-refractivity contribution in [3.63, 3.8) is 0 Å². The first-order chi connectivity index (χ1) is 12.1. The molecule has 0 radical (unpaired) electrons. The van der Waals surface area contributed by atoms with Crippen LogP contribution in [0.1, 0.15) is 0 Å². The van der Waals surface area contributed by atoms with Gasteiger partial charge in [-0.25, -0.2) is 4.39 Å². The van der Waals surface area contributed by atoms with E-state index in [1.165, 1.54) is 12.1 Å². The molecule has 8 heteroatoms. The van der Waals surface area contributed by atoms with E-state index in [9.17, 15) is 9.50 Å². The van der Waals surface area contributed by atoms with Gasteiger partial charge in [0.25, 0.3) is 0 Å². The lowest BCUT2D eigenvalue weighted by molar-refractivity contribution is 0.0663. The van der Waals surface area contributed by atoms with Gasteiger partial charge in [0, 0.05) is 43.4 Å². The smallest absolute Gasteiger partial charge is 0.123 e. The molecule has 0 spiro atoms. The quantitative estimate of drug-likeness (QED) is 0.744. The van der Waals surface area contributed by atoms with Crippen LogP contribution in [0.2, 0.25) is 5.02 Å².